The zero-order valence-corrected chi connectivity index (χ0v) is 13.9. The van der Waals surface area contributed by atoms with E-state index in [0.29, 0.717) is 17.2 Å². The van der Waals surface area contributed by atoms with E-state index >= 15 is 0 Å². The van der Waals surface area contributed by atoms with Crippen LogP contribution in [0.4, 0.5) is 4.39 Å². The maximum atomic E-state index is 12.8. The smallest absolute Gasteiger partial charge is 0.331 e. The van der Waals surface area contributed by atoms with Crippen molar-refractivity contribution in [2.75, 3.05) is 0 Å². The van der Waals surface area contributed by atoms with Crippen LogP contribution in [0.15, 0.2) is 58.5 Å². The van der Waals surface area contributed by atoms with Gasteiger partial charge < -0.3 is 13.9 Å². The molecule has 7 heteroatoms. The topological polar surface area (TPSA) is 61.6 Å². The average molecular weight is 359 g/mol. The largest absolute Gasteiger partial charge is 0.486 e. The van der Waals surface area contributed by atoms with Crippen LogP contribution in [0, 0.1) is 5.82 Å². The summed E-state index contributed by atoms with van der Waals surface area (Å²) in [4.78, 5) is 16.0. The minimum absolute atomic E-state index is 0.0778. The molecule has 0 saturated heterocycles. The molecule has 2 aromatic heterocycles. The standard InChI is InChI=1S/C18H14FNO4S/c19-13-3-5-16(6-4-13)23-11-17-20-14(12-25-17)10-24-18(21)8-7-15-2-1-9-22-15/h1-9,12H,10-11H2/b8-7+. The molecule has 1 aromatic carbocycles. The summed E-state index contributed by atoms with van der Waals surface area (Å²) in [6.07, 6.45) is 4.35. The van der Waals surface area contributed by atoms with Gasteiger partial charge in [-0.2, -0.15) is 0 Å². The molecule has 0 saturated carbocycles. The molecule has 0 unspecified atom stereocenters. The Morgan fingerprint density at radius 2 is 2.08 bits per heavy atom. The van der Waals surface area contributed by atoms with Crippen LogP contribution in [0.1, 0.15) is 16.5 Å². The number of thiazole rings is 1. The number of halogens is 1. The normalized spacial score (nSPS) is 10.9. The summed E-state index contributed by atoms with van der Waals surface area (Å²) in [5.41, 5.74) is 0.641. The van der Waals surface area contributed by atoms with Crippen LogP contribution in [-0.2, 0) is 22.7 Å². The first-order valence-corrected chi connectivity index (χ1v) is 8.27. The van der Waals surface area contributed by atoms with E-state index in [2.05, 4.69) is 4.98 Å². The van der Waals surface area contributed by atoms with Crippen molar-refractivity contribution in [3.8, 4) is 5.75 Å². The zero-order valence-electron chi connectivity index (χ0n) is 13.1. The Kier molecular flexibility index (Phi) is 5.58. The fourth-order valence-corrected chi connectivity index (χ4v) is 2.58. The molecule has 0 radical (unpaired) electrons. The summed E-state index contributed by atoms with van der Waals surface area (Å²) < 4.78 is 28.5. The van der Waals surface area contributed by atoms with Gasteiger partial charge in [-0.15, -0.1) is 11.3 Å². The summed E-state index contributed by atoms with van der Waals surface area (Å²) in [6.45, 7) is 0.344. The van der Waals surface area contributed by atoms with Gasteiger partial charge in [-0.05, 0) is 42.5 Å². The monoisotopic (exact) mass is 359 g/mol. The number of rotatable bonds is 7. The summed E-state index contributed by atoms with van der Waals surface area (Å²) in [6, 6.07) is 9.23. The van der Waals surface area contributed by atoms with Crippen molar-refractivity contribution in [2.24, 2.45) is 0 Å². The predicted molar refractivity (Wildman–Crippen MR) is 90.4 cm³/mol. The molecule has 0 amide bonds. The maximum absolute atomic E-state index is 12.8. The van der Waals surface area contributed by atoms with Crippen molar-refractivity contribution >= 4 is 23.4 Å². The number of carbonyl (C=O) groups is 1. The minimum atomic E-state index is -0.478. The lowest BCUT2D eigenvalue weighted by Crippen LogP contribution is -2.01. The Balaban J connectivity index is 1.45. The number of benzene rings is 1. The van der Waals surface area contributed by atoms with Gasteiger partial charge in [-0.25, -0.2) is 14.2 Å². The van der Waals surface area contributed by atoms with Gasteiger partial charge >= 0.3 is 5.97 Å². The summed E-state index contributed by atoms with van der Waals surface area (Å²) >= 11 is 1.40. The van der Waals surface area contributed by atoms with Gasteiger partial charge in [0.05, 0.1) is 12.0 Å². The molecule has 0 spiro atoms. The summed E-state index contributed by atoms with van der Waals surface area (Å²) in [5, 5.41) is 2.54. The van der Waals surface area contributed by atoms with Crippen molar-refractivity contribution in [2.45, 2.75) is 13.2 Å². The van der Waals surface area contributed by atoms with Crippen molar-refractivity contribution < 1.29 is 23.1 Å². The van der Waals surface area contributed by atoms with E-state index in [9.17, 15) is 9.18 Å². The predicted octanol–water partition coefficient (Wildman–Crippen LogP) is 4.21. The third kappa shape index (κ3) is 5.29. The SMILES string of the molecule is O=C(/C=C/c1ccco1)OCc1csc(COc2ccc(F)cc2)n1. The van der Waals surface area contributed by atoms with Crippen molar-refractivity contribution in [3.63, 3.8) is 0 Å². The Morgan fingerprint density at radius 1 is 1.24 bits per heavy atom. The number of hydrogen-bond donors (Lipinski definition) is 0. The Bertz CT molecular complexity index is 840. The van der Waals surface area contributed by atoms with Gasteiger partial charge in [0.25, 0.3) is 0 Å². The lowest BCUT2D eigenvalue weighted by atomic mass is 10.3. The van der Waals surface area contributed by atoms with Gasteiger partial charge in [0, 0.05) is 11.5 Å². The lowest BCUT2D eigenvalue weighted by Gasteiger charge is -2.03. The molecule has 3 aromatic rings. The molecule has 3 rings (SSSR count). The van der Waals surface area contributed by atoms with Crippen molar-refractivity contribution in [3.05, 3.63) is 76.4 Å². The Labute approximate surface area is 147 Å². The fraction of sp³-hybridized carbons (Fsp3) is 0.111. The number of esters is 1. The van der Waals surface area contributed by atoms with Gasteiger partial charge in [0.1, 0.15) is 35.5 Å². The van der Waals surface area contributed by atoms with Crippen molar-refractivity contribution in [1.82, 2.24) is 4.98 Å². The molecule has 0 fully saturated rings. The minimum Gasteiger partial charge on any atom is -0.486 e. The highest BCUT2D eigenvalue weighted by Crippen LogP contribution is 2.16. The Morgan fingerprint density at radius 3 is 2.84 bits per heavy atom. The molecule has 0 aliphatic carbocycles. The molecule has 0 aliphatic heterocycles. The van der Waals surface area contributed by atoms with Gasteiger partial charge in [0.15, 0.2) is 0 Å². The van der Waals surface area contributed by atoms with Crippen LogP contribution in [-0.4, -0.2) is 11.0 Å². The number of ether oxygens (including phenoxy) is 2. The highest BCUT2D eigenvalue weighted by molar-refractivity contribution is 7.09. The van der Waals surface area contributed by atoms with E-state index in [1.54, 1.807) is 29.6 Å². The van der Waals surface area contributed by atoms with Gasteiger partial charge in [-0.3, -0.25) is 0 Å². The van der Waals surface area contributed by atoms with Crippen LogP contribution in [0.3, 0.4) is 0 Å². The quantitative estimate of drug-likeness (QED) is 0.467. The van der Waals surface area contributed by atoms with Crippen LogP contribution in [0.2, 0.25) is 0 Å². The highest BCUT2D eigenvalue weighted by atomic mass is 32.1. The molecule has 2 heterocycles. The first-order chi connectivity index (χ1) is 12.2. The van der Waals surface area contributed by atoms with E-state index in [1.807, 2.05) is 0 Å². The molecule has 0 atom stereocenters. The summed E-state index contributed by atoms with van der Waals surface area (Å²) in [7, 11) is 0. The van der Waals surface area contributed by atoms with E-state index < -0.39 is 5.97 Å². The van der Waals surface area contributed by atoms with E-state index in [4.69, 9.17) is 13.9 Å². The zero-order chi connectivity index (χ0) is 17.5. The summed E-state index contributed by atoms with van der Waals surface area (Å²) in [5.74, 6) is 0.346. The number of carbonyl (C=O) groups excluding carboxylic acids is 1. The molecule has 0 aliphatic rings. The number of furan rings is 1. The van der Waals surface area contributed by atoms with Crippen LogP contribution in [0.5, 0.6) is 5.75 Å². The van der Waals surface area contributed by atoms with Crippen LogP contribution >= 0.6 is 11.3 Å². The molecular weight excluding hydrogens is 345 g/mol. The first-order valence-electron chi connectivity index (χ1n) is 7.39. The lowest BCUT2D eigenvalue weighted by molar-refractivity contribution is -0.139. The van der Waals surface area contributed by atoms with E-state index in [1.165, 1.54) is 41.9 Å². The molecule has 0 bridgehead atoms. The number of aromatic nitrogens is 1. The third-order valence-corrected chi connectivity index (χ3v) is 3.94. The highest BCUT2D eigenvalue weighted by Gasteiger charge is 2.06. The average Bonchev–Trinajstić information content (AvgIpc) is 3.29. The second kappa shape index (κ2) is 8.25. The van der Waals surface area contributed by atoms with Crippen LogP contribution in [0.25, 0.3) is 6.08 Å². The second-order valence-electron chi connectivity index (χ2n) is 4.93. The van der Waals surface area contributed by atoms with Gasteiger partial charge in [0.2, 0.25) is 0 Å². The first kappa shape index (κ1) is 16.9. The van der Waals surface area contributed by atoms with E-state index in [0.717, 1.165) is 5.01 Å². The Hall–Kier alpha value is -2.93. The molecule has 5 nitrogen and oxygen atoms in total. The van der Waals surface area contributed by atoms with Gasteiger partial charge in [-0.1, -0.05) is 0 Å². The molecule has 0 N–H and O–H groups in total. The third-order valence-electron chi connectivity index (χ3n) is 3.06. The van der Waals surface area contributed by atoms with Crippen molar-refractivity contribution in [1.29, 1.82) is 0 Å². The number of nitrogens with zero attached hydrogens (tertiary/aromatic N) is 1. The van der Waals surface area contributed by atoms with E-state index in [-0.39, 0.29) is 19.0 Å². The van der Waals surface area contributed by atoms with Crippen LogP contribution < -0.4 is 4.74 Å². The fourth-order valence-electron chi connectivity index (χ4n) is 1.89. The second-order valence-corrected chi connectivity index (χ2v) is 5.87. The maximum Gasteiger partial charge on any atom is 0.331 e. The molecule has 128 valence electrons. The number of hydrogen-bond acceptors (Lipinski definition) is 6. The molecular formula is C18H14FNO4S. The molecule has 25 heavy (non-hydrogen) atoms.